The maximum Gasteiger partial charge on any atom is 0.449 e. The number of carbonyl (C=O) groups excluding carboxylic acids is 1. The van der Waals surface area contributed by atoms with Crippen molar-refractivity contribution in [3.63, 3.8) is 0 Å². The minimum absolute atomic E-state index is 0.278. The number of ether oxygens (including phenoxy) is 1. The van der Waals surface area contributed by atoms with Crippen LogP contribution in [0.15, 0.2) is 11.8 Å². The molecule has 1 N–H and O–H groups in total. The fourth-order valence-corrected chi connectivity index (χ4v) is 0.953. The van der Waals surface area contributed by atoms with Gasteiger partial charge in [-0.1, -0.05) is 0 Å². The maximum atomic E-state index is 12.1. The van der Waals surface area contributed by atoms with Crippen molar-refractivity contribution in [3.05, 3.63) is 11.8 Å². The van der Waals surface area contributed by atoms with Crippen LogP contribution in [0, 0.1) is 0 Å². The van der Waals surface area contributed by atoms with Crippen LogP contribution in [0.4, 0.5) is 13.2 Å². The number of halogens is 3. The first-order valence-corrected chi connectivity index (χ1v) is 3.88. The van der Waals surface area contributed by atoms with Crippen molar-refractivity contribution in [1.82, 2.24) is 0 Å². The minimum Gasteiger partial charge on any atom is -0.482 e. The lowest BCUT2D eigenvalue weighted by atomic mass is 9.92. The number of hydrogen-bond acceptors (Lipinski definition) is 3. The van der Waals surface area contributed by atoms with Gasteiger partial charge in [0.25, 0.3) is 0 Å². The van der Waals surface area contributed by atoms with Crippen molar-refractivity contribution >= 4 is 5.78 Å². The van der Waals surface area contributed by atoms with E-state index in [4.69, 9.17) is 0 Å². The van der Waals surface area contributed by atoms with E-state index in [1.54, 1.807) is 0 Å². The van der Waals surface area contributed by atoms with Gasteiger partial charge in [-0.15, -0.1) is 0 Å². The second-order valence-corrected chi connectivity index (χ2v) is 3.28. The predicted molar refractivity (Wildman–Crippen MR) is 40.3 cm³/mol. The molecule has 0 radical (unpaired) electrons. The van der Waals surface area contributed by atoms with Crippen molar-refractivity contribution in [2.24, 2.45) is 0 Å². The molecule has 0 aromatic carbocycles. The molecular weight excluding hydrogens is 201 g/mol. The molecule has 6 heteroatoms. The molecule has 0 bridgehead atoms. The zero-order chi connectivity index (χ0) is 11.1. The van der Waals surface area contributed by atoms with Crippen LogP contribution in [-0.2, 0) is 9.53 Å². The molecular formula is C8H9F3O3. The third-order valence-corrected chi connectivity index (χ3v) is 2.14. The number of alkyl halides is 3. The summed E-state index contributed by atoms with van der Waals surface area (Å²) in [6, 6.07) is 0. The summed E-state index contributed by atoms with van der Waals surface area (Å²) in [5.41, 5.74) is -1.89. The van der Waals surface area contributed by atoms with Crippen LogP contribution in [0.5, 0.6) is 0 Å². The van der Waals surface area contributed by atoms with Crippen LogP contribution >= 0.6 is 0 Å². The van der Waals surface area contributed by atoms with Crippen LogP contribution in [0.1, 0.15) is 13.8 Å². The predicted octanol–water partition coefficient (Wildman–Crippen LogP) is 1.17. The number of carbonyl (C=O) groups is 1. The summed E-state index contributed by atoms with van der Waals surface area (Å²) in [5, 5.41) is 9.41. The Labute approximate surface area is 78.2 Å². The van der Waals surface area contributed by atoms with Gasteiger partial charge >= 0.3 is 6.18 Å². The summed E-state index contributed by atoms with van der Waals surface area (Å²) < 4.78 is 40.7. The second kappa shape index (κ2) is 2.98. The van der Waals surface area contributed by atoms with Gasteiger partial charge in [0, 0.05) is 6.08 Å². The Morgan fingerprint density at radius 2 is 2.07 bits per heavy atom. The van der Waals surface area contributed by atoms with E-state index in [1.165, 1.54) is 6.92 Å². The zero-order valence-electron chi connectivity index (χ0n) is 7.55. The first kappa shape index (κ1) is 11.0. The fraction of sp³-hybridized carbons (Fsp3) is 0.625. The van der Waals surface area contributed by atoms with Crippen molar-refractivity contribution in [2.75, 3.05) is 0 Å². The Hall–Kier alpha value is -1.04. The molecule has 1 aliphatic heterocycles. The standard InChI is InChI=1S/C8H9F3O3/c1-4-7(2,13)5(12)3-6(14-4)8(9,10)11/h3-4,13H,1-2H3. The molecule has 0 spiro atoms. The summed E-state index contributed by atoms with van der Waals surface area (Å²) in [5.74, 6) is -2.36. The molecule has 3 nitrogen and oxygen atoms in total. The SMILES string of the molecule is CC1OC(C(F)(F)F)=CC(=O)C1(C)O. The molecule has 2 unspecified atom stereocenters. The average Bonchev–Trinajstić information content (AvgIpc) is 1.98. The third-order valence-electron chi connectivity index (χ3n) is 2.14. The summed E-state index contributed by atoms with van der Waals surface area (Å²) in [6.07, 6.45) is -5.63. The van der Waals surface area contributed by atoms with E-state index >= 15 is 0 Å². The highest BCUT2D eigenvalue weighted by atomic mass is 19.4. The van der Waals surface area contributed by atoms with Gasteiger partial charge in [-0.25, -0.2) is 0 Å². The van der Waals surface area contributed by atoms with Crippen LogP contribution in [0.25, 0.3) is 0 Å². The molecule has 0 saturated carbocycles. The molecule has 0 fully saturated rings. The van der Waals surface area contributed by atoms with Gasteiger partial charge in [-0.2, -0.15) is 13.2 Å². The Balaban J connectivity index is 3.04. The molecule has 2 atom stereocenters. The second-order valence-electron chi connectivity index (χ2n) is 3.28. The minimum atomic E-state index is -4.69. The van der Waals surface area contributed by atoms with Crippen molar-refractivity contribution in [1.29, 1.82) is 0 Å². The van der Waals surface area contributed by atoms with Crippen LogP contribution < -0.4 is 0 Å². The summed E-state index contributed by atoms with van der Waals surface area (Å²) in [6.45, 7) is 2.32. The van der Waals surface area contributed by atoms with E-state index in [2.05, 4.69) is 4.74 Å². The Kier molecular flexibility index (Phi) is 2.35. The summed E-state index contributed by atoms with van der Waals surface area (Å²) in [7, 11) is 0. The maximum absolute atomic E-state index is 12.1. The lowest BCUT2D eigenvalue weighted by Crippen LogP contribution is -2.49. The zero-order valence-corrected chi connectivity index (χ0v) is 7.55. The van der Waals surface area contributed by atoms with Crippen molar-refractivity contribution < 1.29 is 27.8 Å². The first-order valence-electron chi connectivity index (χ1n) is 3.88. The van der Waals surface area contributed by atoms with Crippen molar-refractivity contribution in [2.45, 2.75) is 31.7 Å². The van der Waals surface area contributed by atoms with Gasteiger partial charge in [0.2, 0.25) is 5.76 Å². The smallest absolute Gasteiger partial charge is 0.449 e. The molecule has 14 heavy (non-hydrogen) atoms. The van der Waals surface area contributed by atoms with E-state index in [1.807, 2.05) is 0 Å². The number of ketones is 1. The van der Waals surface area contributed by atoms with Gasteiger partial charge in [0.05, 0.1) is 0 Å². The van der Waals surface area contributed by atoms with E-state index in [0.29, 0.717) is 0 Å². The van der Waals surface area contributed by atoms with Crippen LogP contribution in [0.3, 0.4) is 0 Å². The molecule has 0 aromatic heterocycles. The summed E-state index contributed by atoms with van der Waals surface area (Å²) >= 11 is 0. The Morgan fingerprint density at radius 3 is 2.43 bits per heavy atom. The van der Waals surface area contributed by atoms with E-state index in [0.717, 1.165) is 6.92 Å². The highest BCUT2D eigenvalue weighted by Crippen LogP contribution is 2.33. The monoisotopic (exact) mass is 210 g/mol. The lowest BCUT2D eigenvalue weighted by molar-refractivity contribution is -0.176. The molecule has 1 heterocycles. The van der Waals surface area contributed by atoms with Gasteiger partial charge in [-0.3, -0.25) is 4.79 Å². The van der Waals surface area contributed by atoms with Gasteiger partial charge < -0.3 is 9.84 Å². The molecule has 1 aliphatic rings. The largest absolute Gasteiger partial charge is 0.482 e. The van der Waals surface area contributed by atoms with Gasteiger partial charge in [-0.05, 0) is 13.8 Å². The normalized spacial score (nSPS) is 33.7. The third kappa shape index (κ3) is 1.75. The molecule has 0 aliphatic carbocycles. The highest BCUT2D eigenvalue weighted by Gasteiger charge is 2.47. The molecule has 0 amide bonds. The molecule has 0 aromatic rings. The van der Waals surface area contributed by atoms with Crippen LogP contribution in [-0.4, -0.2) is 28.8 Å². The van der Waals surface area contributed by atoms with Gasteiger partial charge in [0.15, 0.2) is 11.4 Å². The van der Waals surface area contributed by atoms with E-state index < -0.39 is 29.4 Å². The first-order chi connectivity index (χ1) is 6.15. The molecule has 80 valence electrons. The summed E-state index contributed by atoms with van der Waals surface area (Å²) in [4.78, 5) is 11.1. The number of hydrogen-bond donors (Lipinski definition) is 1. The topological polar surface area (TPSA) is 46.5 Å². The molecule has 1 rings (SSSR count). The van der Waals surface area contributed by atoms with Crippen LogP contribution in [0.2, 0.25) is 0 Å². The Bertz CT molecular complexity index is 291. The Morgan fingerprint density at radius 1 is 1.57 bits per heavy atom. The van der Waals surface area contributed by atoms with Crippen molar-refractivity contribution in [3.8, 4) is 0 Å². The lowest BCUT2D eigenvalue weighted by Gasteiger charge is -2.33. The molecule has 0 saturated heterocycles. The quantitative estimate of drug-likeness (QED) is 0.652. The average molecular weight is 210 g/mol. The van der Waals surface area contributed by atoms with E-state index in [-0.39, 0.29) is 6.08 Å². The van der Waals surface area contributed by atoms with Gasteiger partial charge in [0.1, 0.15) is 6.10 Å². The number of rotatable bonds is 0. The highest BCUT2D eigenvalue weighted by molar-refractivity contribution is 5.98. The number of allylic oxidation sites excluding steroid dienone is 1. The van der Waals surface area contributed by atoms with E-state index in [9.17, 15) is 23.1 Å². The fourth-order valence-electron chi connectivity index (χ4n) is 0.953. The number of aliphatic hydroxyl groups is 1.